The summed E-state index contributed by atoms with van der Waals surface area (Å²) in [6.07, 6.45) is 0. The monoisotopic (exact) mass is 163 g/mol. The molecule has 0 saturated carbocycles. The molecule has 9 heavy (non-hydrogen) atoms. The molecule has 0 amide bonds. The topological polar surface area (TPSA) is 35.2 Å². The van der Waals surface area contributed by atoms with E-state index in [9.17, 15) is 0 Å². The van der Waals surface area contributed by atoms with Crippen LogP contribution in [0.5, 0.6) is 5.75 Å². The van der Waals surface area contributed by atoms with E-state index in [0.717, 1.165) is 0 Å². The first-order chi connectivity index (χ1) is 4.24. The van der Waals surface area contributed by atoms with Crippen LogP contribution in [0.3, 0.4) is 0 Å². The second-order valence-corrected chi connectivity index (χ2v) is 3.18. The zero-order valence-corrected chi connectivity index (χ0v) is 6.42. The van der Waals surface area contributed by atoms with Crippen molar-refractivity contribution < 1.29 is 4.74 Å². The van der Waals surface area contributed by atoms with Gasteiger partial charge in [-0.1, -0.05) is 11.6 Å². The van der Waals surface area contributed by atoms with Gasteiger partial charge in [0, 0.05) is 6.07 Å². The number of halogens is 1. The van der Waals surface area contributed by atoms with E-state index in [1.54, 1.807) is 13.2 Å². The first kappa shape index (κ1) is 6.71. The highest BCUT2D eigenvalue weighted by molar-refractivity contribution is 7.20. The molecule has 1 aromatic rings. The molecule has 2 N–H and O–H groups in total. The Morgan fingerprint density at radius 1 is 1.78 bits per heavy atom. The van der Waals surface area contributed by atoms with Crippen molar-refractivity contribution in [2.45, 2.75) is 0 Å². The normalized spacial score (nSPS) is 9.56. The highest BCUT2D eigenvalue weighted by Gasteiger charge is 2.02. The molecule has 0 saturated heterocycles. The third-order valence-corrected chi connectivity index (χ3v) is 2.05. The highest BCUT2D eigenvalue weighted by atomic mass is 35.5. The lowest BCUT2D eigenvalue weighted by Crippen LogP contribution is -1.78. The van der Waals surface area contributed by atoms with Gasteiger partial charge in [0.15, 0.2) is 5.75 Å². The van der Waals surface area contributed by atoms with Crippen LogP contribution in [-0.2, 0) is 0 Å². The largest absolute Gasteiger partial charge is 0.494 e. The van der Waals surface area contributed by atoms with Gasteiger partial charge in [0.1, 0.15) is 4.34 Å². The van der Waals surface area contributed by atoms with Crippen LogP contribution >= 0.6 is 22.9 Å². The van der Waals surface area contributed by atoms with Gasteiger partial charge >= 0.3 is 0 Å². The van der Waals surface area contributed by atoms with Gasteiger partial charge in [0.05, 0.1) is 12.1 Å². The zero-order valence-electron chi connectivity index (χ0n) is 4.85. The number of methoxy groups -OCH3 is 1. The molecule has 50 valence electrons. The molecule has 1 heterocycles. The van der Waals surface area contributed by atoms with Crippen LogP contribution in [0.1, 0.15) is 0 Å². The summed E-state index contributed by atoms with van der Waals surface area (Å²) < 4.78 is 5.47. The molecule has 0 unspecified atom stereocenters. The highest BCUT2D eigenvalue weighted by Crippen LogP contribution is 2.35. The summed E-state index contributed by atoms with van der Waals surface area (Å²) in [5.74, 6) is 0.652. The molecular weight excluding hydrogens is 158 g/mol. The summed E-state index contributed by atoms with van der Waals surface area (Å²) in [6.45, 7) is 0. The van der Waals surface area contributed by atoms with E-state index in [1.807, 2.05) is 0 Å². The van der Waals surface area contributed by atoms with E-state index < -0.39 is 0 Å². The van der Waals surface area contributed by atoms with Crippen LogP contribution in [0.25, 0.3) is 0 Å². The van der Waals surface area contributed by atoms with Crippen LogP contribution in [0, 0.1) is 0 Å². The number of anilines is 1. The Morgan fingerprint density at radius 3 is 2.67 bits per heavy atom. The van der Waals surface area contributed by atoms with Crippen molar-refractivity contribution in [3.05, 3.63) is 10.4 Å². The number of nitrogens with two attached hydrogens (primary N) is 1. The van der Waals surface area contributed by atoms with Gasteiger partial charge in [0.2, 0.25) is 0 Å². The van der Waals surface area contributed by atoms with Crippen molar-refractivity contribution in [1.29, 1.82) is 0 Å². The Balaban J connectivity index is 3.01. The van der Waals surface area contributed by atoms with Crippen LogP contribution in [0.4, 0.5) is 5.00 Å². The lowest BCUT2D eigenvalue weighted by Gasteiger charge is -1.90. The maximum Gasteiger partial charge on any atom is 0.150 e. The number of hydrogen-bond acceptors (Lipinski definition) is 3. The van der Waals surface area contributed by atoms with Crippen molar-refractivity contribution in [3.63, 3.8) is 0 Å². The Bertz CT molecular complexity index is 211. The Labute approximate surface area is 62.2 Å². The van der Waals surface area contributed by atoms with Crippen molar-refractivity contribution in [3.8, 4) is 5.75 Å². The summed E-state index contributed by atoms with van der Waals surface area (Å²) in [4.78, 5) is 0. The first-order valence-electron chi connectivity index (χ1n) is 2.33. The van der Waals surface area contributed by atoms with Gasteiger partial charge in [-0.2, -0.15) is 0 Å². The van der Waals surface area contributed by atoms with E-state index in [4.69, 9.17) is 22.1 Å². The molecule has 0 spiro atoms. The van der Waals surface area contributed by atoms with Gasteiger partial charge in [-0.15, -0.1) is 11.3 Å². The van der Waals surface area contributed by atoms with Crippen LogP contribution < -0.4 is 10.5 Å². The second kappa shape index (κ2) is 2.45. The number of rotatable bonds is 1. The van der Waals surface area contributed by atoms with Gasteiger partial charge < -0.3 is 10.5 Å². The fraction of sp³-hybridized carbons (Fsp3) is 0.200. The van der Waals surface area contributed by atoms with E-state index >= 15 is 0 Å². The van der Waals surface area contributed by atoms with E-state index in [-0.39, 0.29) is 0 Å². The summed E-state index contributed by atoms with van der Waals surface area (Å²) in [7, 11) is 1.56. The van der Waals surface area contributed by atoms with Crippen molar-refractivity contribution >= 4 is 27.9 Å². The molecule has 1 rings (SSSR count). The molecule has 0 atom stereocenters. The fourth-order valence-corrected chi connectivity index (χ4v) is 1.52. The van der Waals surface area contributed by atoms with E-state index in [1.165, 1.54) is 11.3 Å². The Hall–Kier alpha value is -0.410. The van der Waals surface area contributed by atoms with Gasteiger partial charge in [-0.05, 0) is 0 Å². The van der Waals surface area contributed by atoms with E-state index in [0.29, 0.717) is 15.1 Å². The van der Waals surface area contributed by atoms with Crippen LogP contribution in [0.2, 0.25) is 4.34 Å². The molecule has 0 radical (unpaired) electrons. The number of nitrogen functional groups attached to an aromatic ring is 1. The average molecular weight is 164 g/mol. The summed E-state index contributed by atoms with van der Waals surface area (Å²) >= 11 is 6.97. The molecule has 0 aliphatic rings. The maximum atomic E-state index is 5.66. The van der Waals surface area contributed by atoms with Crippen LogP contribution in [0.15, 0.2) is 6.07 Å². The van der Waals surface area contributed by atoms with Gasteiger partial charge in [0.25, 0.3) is 0 Å². The smallest absolute Gasteiger partial charge is 0.150 e. The van der Waals surface area contributed by atoms with Crippen LogP contribution in [-0.4, -0.2) is 7.11 Å². The first-order valence-corrected chi connectivity index (χ1v) is 3.52. The number of ether oxygens (including phenoxy) is 1. The molecule has 1 aromatic heterocycles. The minimum Gasteiger partial charge on any atom is -0.494 e. The lowest BCUT2D eigenvalue weighted by atomic mass is 10.6. The summed E-state index contributed by atoms with van der Waals surface area (Å²) in [6, 6.07) is 1.70. The second-order valence-electron chi connectivity index (χ2n) is 1.49. The third kappa shape index (κ3) is 1.28. The predicted molar refractivity (Wildman–Crippen MR) is 40.3 cm³/mol. The molecule has 0 fully saturated rings. The molecule has 0 aromatic carbocycles. The molecular formula is C5H6ClNOS. The van der Waals surface area contributed by atoms with Crippen molar-refractivity contribution in [1.82, 2.24) is 0 Å². The third-order valence-electron chi connectivity index (χ3n) is 0.894. The minimum atomic E-state index is 0.606. The number of hydrogen-bond donors (Lipinski definition) is 1. The summed E-state index contributed by atoms with van der Waals surface area (Å²) in [5, 5.41) is 0.678. The molecule has 0 aliphatic carbocycles. The Morgan fingerprint density at radius 2 is 2.44 bits per heavy atom. The van der Waals surface area contributed by atoms with E-state index in [2.05, 4.69) is 0 Å². The summed E-state index contributed by atoms with van der Waals surface area (Å²) in [5.41, 5.74) is 5.41. The fourth-order valence-electron chi connectivity index (χ4n) is 0.508. The molecule has 0 bridgehead atoms. The number of thiophene rings is 1. The minimum absolute atomic E-state index is 0.606. The predicted octanol–water partition coefficient (Wildman–Crippen LogP) is 1.99. The SMILES string of the molecule is COc1cc(N)sc1Cl. The zero-order chi connectivity index (χ0) is 6.85. The molecule has 2 nitrogen and oxygen atoms in total. The van der Waals surface area contributed by atoms with Crippen molar-refractivity contribution in [2.24, 2.45) is 0 Å². The van der Waals surface area contributed by atoms with Gasteiger partial charge in [-0.3, -0.25) is 0 Å². The Kier molecular flexibility index (Phi) is 1.83. The maximum absolute atomic E-state index is 5.66. The molecule has 4 heteroatoms. The van der Waals surface area contributed by atoms with Gasteiger partial charge in [-0.25, -0.2) is 0 Å². The van der Waals surface area contributed by atoms with Crippen molar-refractivity contribution in [2.75, 3.05) is 12.8 Å². The average Bonchev–Trinajstić information content (AvgIpc) is 2.10. The lowest BCUT2D eigenvalue weighted by molar-refractivity contribution is 0.417. The standard InChI is InChI=1S/C5H6ClNOS/c1-8-3-2-4(7)9-5(3)6/h2H,7H2,1H3. The molecule has 0 aliphatic heterocycles. The quantitative estimate of drug-likeness (QED) is 0.687.